The minimum Gasteiger partial charge on any atom is -0.378 e. The summed E-state index contributed by atoms with van der Waals surface area (Å²) in [6.45, 7) is 0.901. The third-order valence-electron chi connectivity index (χ3n) is 3.88. The van der Waals surface area contributed by atoms with E-state index in [1.165, 1.54) is 12.8 Å². The van der Waals surface area contributed by atoms with Gasteiger partial charge in [-0.25, -0.2) is 4.98 Å². The van der Waals surface area contributed by atoms with Crippen molar-refractivity contribution in [3.63, 3.8) is 0 Å². The smallest absolute Gasteiger partial charge is 0.0720 e. The van der Waals surface area contributed by atoms with Crippen LogP contribution in [0.2, 0.25) is 0 Å². The molecule has 1 aliphatic rings. The Hall–Kier alpha value is -0.970. The topological polar surface area (TPSA) is 48.1 Å². The Labute approximate surface area is 127 Å². The number of para-hydroxylation sites is 1. The second kappa shape index (κ2) is 6.20. The molecule has 1 aromatic carbocycles. The molecule has 2 unspecified atom stereocenters. The number of halogens is 1. The number of nitrogens with two attached hydrogens (primary N) is 1. The van der Waals surface area contributed by atoms with Crippen LogP contribution in [0.25, 0.3) is 10.9 Å². The molecule has 2 atom stereocenters. The lowest BCUT2D eigenvalue weighted by Crippen LogP contribution is -2.16. The molecule has 0 bridgehead atoms. The van der Waals surface area contributed by atoms with Gasteiger partial charge in [0, 0.05) is 22.5 Å². The lowest BCUT2D eigenvalue weighted by atomic mass is 10.0. The molecular weight excluding hydrogens is 316 g/mol. The number of hydrogen-bond acceptors (Lipinski definition) is 3. The van der Waals surface area contributed by atoms with E-state index < -0.39 is 0 Å². The molecule has 3 nitrogen and oxygen atoms in total. The summed E-state index contributed by atoms with van der Waals surface area (Å²) in [5, 5.41) is 1.13. The number of ether oxygens (including phenoxy) is 1. The first kappa shape index (κ1) is 14.0. The Morgan fingerprint density at radius 3 is 3.05 bits per heavy atom. The molecule has 0 saturated carbocycles. The Morgan fingerprint density at radius 1 is 1.40 bits per heavy atom. The van der Waals surface area contributed by atoms with Crippen LogP contribution in [-0.2, 0) is 4.74 Å². The van der Waals surface area contributed by atoms with Crippen LogP contribution in [0.1, 0.15) is 37.4 Å². The van der Waals surface area contributed by atoms with Crippen molar-refractivity contribution in [1.29, 1.82) is 0 Å². The van der Waals surface area contributed by atoms with Gasteiger partial charge in [-0.1, -0.05) is 18.2 Å². The Morgan fingerprint density at radius 2 is 2.25 bits per heavy atom. The molecule has 1 fully saturated rings. The van der Waals surface area contributed by atoms with Crippen LogP contribution in [0.15, 0.2) is 34.8 Å². The summed E-state index contributed by atoms with van der Waals surface area (Å²) in [6, 6.07) is 10.2. The van der Waals surface area contributed by atoms with Gasteiger partial charge in [0.2, 0.25) is 0 Å². The summed E-state index contributed by atoms with van der Waals surface area (Å²) in [7, 11) is 0. The molecule has 0 radical (unpaired) electrons. The van der Waals surface area contributed by atoms with Gasteiger partial charge in [-0.05, 0) is 53.7 Å². The fourth-order valence-corrected chi connectivity index (χ4v) is 3.37. The first-order valence-corrected chi connectivity index (χ1v) is 7.96. The van der Waals surface area contributed by atoms with Crippen molar-refractivity contribution in [3.05, 3.63) is 40.5 Å². The van der Waals surface area contributed by atoms with Crippen molar-refractivity contribution in [2.75, 3.05) is 6.61 Å². The van der Waals surface area contributed by atoms with Gasteiger partial charge in [-0.3, -0.25) is 0 Å². The van der Waals surface area contributed by atoms with Crippen molar-refractivity contribution in [1.82, 2.24) is 4.98 Å². The number of aromatic nitrogens is 1. The summed E-state index contributed by atoms with van der Waals surface area (Å²) in [5.41, 5.74) is 8.26. The fourth-order valence-electron chi connectivity index (χ4n) is 2.74. The largest absolute Gasteiger partial charge is 0.378 e. The summed E-state index contributed by atoms with van der Waals surface area (Å²) >= 11 is 3.60. The summed E-state index contributed by atoms with van der Waals surface area (Å²) in [4.78, 5) is 4.71. The van der Waals surface area contributed by atoms with Gasteiger partial charge in [0.25, 0.3) is 0 Å². The Kier molecular flexibility index (Phi) is 4.34. The lowest BCUT2D eigenvalue weighted by molar-refractivity contribution is 0.101. The van der Waals surface area contributed by atoms with Gasteiger partial charge in [0.1, 0.15) is 0 Å². The summed E-state index contributed by atoms with van der Waals surface area (Å²) in [5.74, 6) is 0. The van der Waals surface area contributed by atoms with Crippen molar-refractivity contribution < 1.29 is 4.74 Å². The molecule has 0 spiro atoms. The maximum Gasteiger partial charge on any atom is 0.0720 e. The van der Waals surface area contributed by atoms with Crippen molar-refractivity contribution in [2.45, 2.75) is 37.8 Å². The Balaban J connectivity index is 1.76. The van der Waals surface area contributed by atoms with Gasteiger partial charge in [-0.15, -0.1) is 0 Å². The van der Waals surface area contributed by atoms with Crippen LogP contribution in [0.5, 0.6) is 0 Å². The average Bonchev–Trinajstić information content (AvgIpc) is 2.97. The molecule has 2 heterocycles. The summed E-state index contributed by atoms with van der Waals surface area (Å²) in [6.07, 6.45) is 4.66. The highest BCUT2D eigenvalue weighted by Gasteiger charge is 2.19. The highest BCUT2D eigenvalue weighted by molar-refractivity contribution is 9.10. The molecule has 20 heavy (non-hydrogen) atoms. The van der Waals surface area contributed by atoms with E-state index in [9.17, 15) is 0 Å². The van der Waals surface area contributed by atoms with Gasteiger partial charge < -0.3 is 10.5 Å². The number of benzene rings is 1. The van der Waals surface area contributed by atoms with E-state index in [2.05, 4.69) is 28.1 Å². The zero-order valence-electron chi connectivity index (χ0n) is 11.4. The van der Waals surface area contributed by atoms with Crippen LogP contribution in [0.3, 0.4) is 0 Å². The van der Waals surface area contributed by atoms with E-state index in [-0.39, 0.29) is 6.04 Å². The number of nitrogens with zero attached hydrogens (tertiary/aromatic N) is 1. The SMILES string of the molecule is NC(CCC1CCCO1)c1nc2ccccc2cc1Br. The van der Waals surface area contributed by atoms with E-state index in [0.717, 1.165) is 40.5 Å². The van der Waals surface area contributed by atoms with E-state index in [1.807, 2.05) is 18.2 Å². The molecule has 0 aliphatic carbocycles. The fraction of sp³-hybridized carbons (Fsp3) is 0.438. The van der Waals surface area contributed by atoms with Crippen LogP contribution in [-0.4, -0.2) is 17.7 Å². The molecular formula is C16H19BrN2O. The molecule has 2 aromatic rings. The second-order valence-electron chi connectivity index (χ2n) is 5.37. The number of pyridine rings is 1. The van der Waals surface area contributed by atoms with Crippen molar-refractivity contribution in [3.8, 4) is 0 Å². The maximum atomic E-state index is 6.32. The van der Waals surface area contributed by atoms with Crippen molar-refractivity contribution in [2.24, 2.45) is 5.73 Å². The quantitative estimate of drug-likeness (QED) is 0.920. The normalized spacial score (nSPS) is 20.4. The third-order valence-corrected chi connectivity index (χ3v) is 4.51. The molecule has 1 aromatic heterocycles. The van der Waals surface area contributed by atoms with E-state index in [0.29, 0.717) is 6.10 Å². The van der Waals surface area contributed by atoms with Crippen LogP contribution < -0.4 is 5.73 Å². The van der Waals surface area contributed by atoms with Crippen molar-refractivity contribution >= 4 is 26.8 Å². The van der Waals surface area contributed by atoms with Crippen LogP contribution in [0, 0.1) is 0 Å². The monoisotopic (exact) mass is 334 g/mol. The van der Waals surface area contributed by atoms with Gasteiger partial charge in [-0.2, -0.15) is 0 Å². The predicted molar refractivity (Wildman–Crippen MR) is 84.6 cm³/mol. The van der Waals surface area contributed by atoms with E-state index >= 15 is 0 Å². The molecule has 1 saturated heterocycles. The highest BCUT2D eigenvalue weighted by atomic mass is 79.9. The average molecular weight is 335 g/mol. The highest BCUT2D eigenvalue weighted by Crippen LogP contribution is 2.28. The predicted octanol–water partition coefficient (Wildman–Crippen LogP) is 3.96. The standard InChI is InChI=1S/C16H19BrN2O/c17-13-10-11-4-1-2-6-15(11)19-16(13)14(18)8-7-12-5-3-9-20-12/h1-2,4,6,10,12,14H,3,5,7-9,18H2. The third kappa shape index (κ3) is 3.03. The van der Waals surface area contributed by atoms with Gasteiger partial charge in [0.05, 0.1) is 17.3 Å². The van der Waals surface area contributed by atoms with Gasteiger partial charge in [0.15, 0.2) is 0 Å². The number of fused-ring (bicyclic) bond motifs is 1. The number of rotatable bonds is 4. The second-order valence-corrected chi connectivity index (χ2v) is 6.22. The molecule has 2 N–H and O–H groups in total. The maximum absolute atomic E-state index is 6.32. The lowest BCUT2D eigenvalue weighted by Gasteiger charge is -2.16. The molecule has 1 aliphatic heterocycles. The zero-order valence-corrected chi connectivity index (χ0v) is 13.0. The molecule has 4 heteroatoms. The minimum atomic E-state index is -0.0434. The Bertz CT molecular complexity index is 596. The zero-order chi connectivity index (χ0) is 13.9. The molecule has 0 amide bonds. The van der Waals surface area contributed by atoms with E-state index in [1.54, 1.807) is 0 Å². The summed E-state index contributed by atoms with van der Waals surface area (Å²) < 4.78 is 6.65. The molecule has 106 valence electrons. The van der Waals surface area contributed by atoms with Crippen LogP contribution >= 0.6 is 15.9 Å². The molecule has 3 rings (SSSR count). The first-order chi connectivity index (χ1) is 9.74. The van der Waals surface area contributed by atoms with Gasteiger partial charge >= 0.3 is 0 Å². The minimum absolute atomic E-state index is 0.0434. The number of hydrogen-bond donors (Lipinski definition) is 1. The van der Waals surface area contributed by atoms with E-state index in [4.69, 9.17) is 15.5 Å². The first-order valence-electron chi connectivity index (χ1n) is 7.16. The van der Waals surface area contributed by atoms with Crippen LogP contribution in [0.4, 0.5) is 0 Å².